The van der Waals surface area contributed by atoms with E-state index in [2.05, 4.69) is 20.2 Å². The zero-order valence-electron chi connectivity index (χ0n) is 11.1. The average Bonchev–Trinajstić information content (AvgIpc) is 3.21. The normalized spacial score (nSPS) is 24.3. The van der Waals surface area contributed by atoms with Crippen molar-refractivity contribution in [3.05, 3.63) is 18.1 Å². The van der Waals surface area contributed by atoms with Crippen molar-refractivity contribution in [2.24, 2.45) is 5.92 Å². The molecule has 1 aliphatic heterocycles. The number of anilines is 1. The maximum absolute atomic E-state index is 4.53. The monoisotopic (exact) mass is 246 g/mol. The third-order valence-electron chi connectivity index (χ3n) is 3.88. The fraction of sp³-hybridized carbons (Fsp3) is 0.714. The first-order valence-corrected chi connectivity index (χ1v) is 7.09. The van der Waals surface area contributed by atoms with Crippen LogP contribution in [0.4, 0.5) is 5.82 Å². The summed E-state index contributed by atoms with van der Waals surface area (Å²) >= 11 is 0. The molecule has 1 saturated carbocycles. The Morgan fingerprint density at radius 2 is 2.28 bits per heavy atom. The second-order valence-electron chi connectivity index (χ2n) is 5.60. The SMILES string of the molecule is Cc1nccc(N2CCCC(CNC3CC3)C2)n1. The van der Waals surface area contributed by atoms with Crippen LogP contribution in [0.3, 0.4) is 0 Å². The van der Waals surface area contributed by atoms with E-state index in [-0.39, 0.29) is 0 Å². The van der Waals surface area contributed by atoms with E-state index in [1.54, 1.807) is 0 Å². The third-order valence-corrected chi connectivity index (χ3v) is 3.88. The van der Waals surface area contributed by atoms with Crippen molar-refractivity contribution in [1.82, 2.24) is 15.3 Å². The molecule has 0 spiro atoms. The zero-order valence-corrected chi connectivity index (χ0v) is 11.1. The van der Waals surface area contributed by atoms with Crippen LogP contribution >= 0.6 is 0 Å². The third kappa shape index (κ3) is 2.99. The summed E-state index contributed by atoms with van der Waals surface area (Å²) in [5.74, 6) is 2.74. The van der Waals surface area contributed by atoms with Crippen LogP contribution in [0.25, 0.3) is 0 Å². The van der Waals surface area contributed by atoms with Gasteiger partial charge in [0.2, 0.25) is 0 Å². The van der Waals surface area contributed by atoms with Gasteiger partial charge in [0.05, 0.1) is 0 Å². The van der Waals surface area contributed by atoms with Crippen LogP contribution in [0.2, 0.25) is 0 Å². The number of piperidine rings is 1. The number of rotatable bonds is 4. The first-order chi connectivity index (χ1) is 8.81. The van der Waals surface area contributed by atoms with E-state index in [1.807, 2.05) is 19.2 Å². The summed E-state index contributed by atoms with van der Waals surface area (Å²) in [6.45, 7) is 5.40. The molecule has 0 amide bonds. The predicted molar refractivity (Wildman–Crippen MR) is 72.7 cm³/mol. The van der Waals surface area contributed by atoms with Gasteiger partial charge in [-0.15, -0.1) is 0 Å². The van der Waals surface area contributed by atoms with Gasteiger partial charge < -0.3 is 10.2 Å². The van der Waals surface area contributed by atoms with Crippen molar-refractivity contribution in [2.75, 3.05) is 24.5 Å². The topological polar surface area (TPSA) is 41.1 Å². The largest absolute Gasteiger partial charge is 0.356 e. The molecule has 1 aromatic rings. The number of aryl methyl sites for hydroxylation is 1. The van der Waals surface area contributed by atoms with Gasteiger partial charge in [-0.1, -0.05) is 0 Å². The van der Waals surface area contributed by atoms with Crippen LogP contribution in [0.5, 0.6) is 0 Å². The first-order valence-electron chi connectivity index (χ1n) is 7.09. The second kappa shape index (κ2) is 5.22. The first kappa shape index (κ1) is 11.9. The Morgan fingerprint density at radius 3 is 3.06 bits per heavy atom. The molecule has 18 heavy (non-hydrogen) atoms. The number of hydrogen-bond donors (Lipinski definition) is 1. The van der Waals surface area contributed by atoms with E-state index in [9.17, 15) is 0 Å². The Bertz CT molecular complexity index is 403. The summed E-state index contributed by atoms with van der Waals surface area (Å²) < 4.78 is 0. The van der Waals surface area contributed by atoms with Crippen molar-refractivity contribution in [2.45, 2.75) is 38.6 Å². The fourth-order valence-corrected chi connectivity index (χ4v) is 2.68. The van der Waals surface area contributed by atoms with Crippen LogP contribution in [0.15, 0.2) is 12.3 Å². The quantitative estimate of drug-likeness (QED) is 0.879. The number of aromatic nitrogens is 2. The van der Waals surface area contributed by atoms with Gasteiger partial charge in [0.15, 0.2) is 0 Å². The van der Waals surface area contributed by atoms with Crippen LogP contribution in [0, 0.1) is 12.8 Å². The van der Waals surface area contributed by atoms with Crippen LogP contribution < -0.4 is 10.2 Å². The van der Waals surface area contributed by atoms with Crippen LogP contribution in [0.1, 0.15) is 31.5 Å². The van der Waals surface area contributed by atoms with Gasteiger partial charge in [0.25, 0.3) is 0 Å². The summed E-state index contributed by atoms with van der Waals surface area (Å²) in [6.07, 6.45) is 7.24. The lowest BCUT2D eigenvalue weighted by atomic mass is 9.98. The summed E-state index contributed by atoms with van der Waals surface area (Å²) in [4.78, 5) is 11.1. The molecule has 98 valence electrons. The van der Waals surface area contributed by atoms with Gasteiger partial charge in [-0.05, 0) is 51.1 Å². The molecule has 0 radical (unpaired) electrons. The molecule has 2 fully saturated rings. The molecule has 1 atom stereocenters. The standard InChI is InChI=1S/C14H22N4/c1-11-15-7-6-14(17-11)18-8-2-3-12(10-18)9-16-13-4-5-13/h6-7,12-13,16H,2-5,8-10H2,1H3. The lowest BCUT2D eigenvalue weighted by molar-refractivity contribution is 0.389. The maximum Gasteiger partial charge on any atom is 0.132 e. The van der Waals surface area contributed by atoms with Crippen LogP contribution in [-0.4, -0.2) is 35.6 Å². The highest BCUT2D eigenvalue weighted by Gasteiger charge is 2.25. The summed E-state index contributed by atoms with van der Waals surface area (Å²) in [6, 6.07) is 2.85. The van der Waals surface area contributed by atoms with Gasteiger partial charge in [0.1, 0.15) is 11.6 Å². The fourth-order valence-electron chi connectivity index (χ4n) is 2.68. The summed E-state index contributed by atoms with van der Waals surface area (Å²) in [7, 11) is 0. The number of nitrogens with one attached hydrogen (secondary N) is 1. The Balaban J connectivity index is 1.58. The molecule has 1 N–H and O–H groups in total. The van der Waals surface area contributed by atoms with Crippen molar-refractivity contribution >= 4 is 5.82 Å². The molecule has 2 heterocycles. The molecule has 1 aliphatic carbocycles. The average molecular weight is 246 g/mol. The van der Waals surface area contributed by atoms with Gasteiger partial charge in [-0.2, -0.15) is 0 Å². The van der Waals surface area contributed by atoms with Gasteiger partial charge in [0, 0.05) is 25.3 Å². The van der Waals surface area contributed by atoms with Crippen molar-refractivity contribution in [3.8, 4) is 0 Å². The van der Waals surface area contributed by atoms with E-state index in [0.717, 1.165) is 36.7 Å². The van der Waals surface area contributed by atoms with E-state index in [4.69, 9.17) is 0 Å². The summed E-state index contributed by atoms with van der Waals surface area (Å²) in [5.41, 5.74) is 0. The highest BCUT2D eigenvalue weighted by molar-refractivity contribution is 5.37. The second-order valence-corrected chi connectivity index (χ2v) is 5.60. The van der Waals surface area contributed by atoms with Crippen molar-refractivity contribution in [3.63, 3.8) is 0 Å². The Morgan fingerprint density at radius 1 is 1.39 bits per heavy atom. The molecular weight excluding hydrogens is 224 g/mol. The van der Waals surface area contributed by atoms with E-state index >= 15 is 0 Å². The van der Waals surface area contributed by atoms with Gasteiger partial charge in [-0.25, -0.2) is 9.97 Å². The minimum Gasteiger partial charge on any atom is -0.356 e. The van der Waals surface area contributed by atoms with E-state index < -0.39 is 0 Å². The zero-order chi connectivity index (χ0) is 12.4. The van der Waals surface area contributed by atoms with Gasteiger partial charge in [-0.3, -0.25) is 0 Å². The Labute approximate surface area is 109 Å². The van der Waals surface area contributed by atoms with Gasteiger partial charge >= 0.3 is 0 Å². The lowest BCUT2D eigenvalue weighted by Crippen LogP contribution is -2.40. The number of hydrogen-bond acceptors (Lipinski definition) is 4. The predicted octanol–water partition coefficient (Wildman–Crippen LogP) is 1.75. The minimum atomic E-state index is 0.773. The molecule has 4 heteroatoms. The molecule has 2 aliphatic rings. The summed E-state index contributed by atoms with van der Waals surface area (Å²) in [5, 5.41) is 3.65. The lowest BCUT2D eigenvalue weighted by Gasteiger charge is -2.33. The molecule has 3 rings (SSSR count). The maximum atomic E-state index is 4.53. The molecular formula is C14H22N4. The molecule has 1 saturated heterocycles. The van der Waals surface area contributed by atoms with Crippen LogP contribution in [-0.2, 0) is 0 Å². The molecule has 1 unspecified atom stereocenters. The Kier molecular flexibility index (Phi) is 3.46. The van der Waals surface area contributed by atoms with E-state index in [1.165, 1.54) is 32.2 Å². The number of nitrogens with zero attached hydrogens (tertiary/aromatic N) is 3. The van der Waals surface area contributed by atoms with Crippen molar-refractivity contribution in [1.29, 1.82) is 0 Å². The highest BCUT2D eigenvalue weighted by Crippen LogP contribution is 2.23. The van der Waals surface area contributed by atoms with Crippen molar-refractivity contribution < 1.29 is 0 Å². The smallest absolute Gasteiger partial charge is 0.132 e. The Hall–Kier alpha value is -1.16. The minimum absolute atomic E-state index is 0.773. The van der Waals surface area contributed by atoms with E-state index in [0.29, 0.717) is 0 Å². The molecule has 4 nitrogen and oxygen atoms in total. The molecule has 1 aromatic heterocycles. The highest BCUT2D eigenvalue weighted by atomic mass is 15.2. The molecule has 0 aromatic carbocycles. The molecule has 0 bridgehead atoms.